The Kier molecular flexibility index (Phi) is 5.95. The lowest BCUT2D eigenvalue weighted by atomic mass is 10.1. The molecule has 0 bridgehead atoms. The molecule has 0 aliphatic heterocycles. The van der Waals surface area contributed by atoms with Crippen LogP contribution in [-0.2, 0) is 17.6 Å². The molecule has 1 heterocycles. The molecule has 1 aromatic heterocycles. The van der Waals surface area contributed by atoms with Gasteiger partial charge in [0, 0.05) is 6.42 Å². The van der Waals surface area contributed by atoms with Gasteiger partial charge in [0.25, 0.3) is 0 Å². The highest BCUT2D eigenvalue weighted by molar-refractivity contribution is 6.30. The van der Waals surface area contributed by atoms with Crippen molar-refractivity contribution in [2.45, 2.75) is 12.8 Å². The van der Waals surface area contributed by atoms with Gasteiger partial charge in [0.2, 0.25) is 11.7 Å². The summed E-state index contributed by atoms with van der Waals surface area (Å²) in [5.41, 5.74) is 1.18. The van der Waals surface area contributed by atoms with Crippen molar-refractivity contribution in [3.8, 4) is 0 Å². The van der Waals surface area contributed by atoms with Crippen LogP contribution in [0.4, 0.5) is 14.6 Å². The average Bonchev–Trinajstić information content (AvgIpc) is 3.12. The third-order valence-electron chi connectivity index (χ3n) is 3.77. The van der Waals surface area contributed by atoms with Crippen LogP contribution in [0.25, 0.3) is 0 Å². The van der Waals surface area contributed by atoms with E-state index in [2.05, 4.69) is 25.4 Å². The molecule has 2 N–H and O–H groups in total. The van der Waals surface area contributed by atoms with Gasteiger partial charge in [-0.15, -0.1) is 0 Å². The number of hydrogen-bond acceptors (Lipinski definition) is 6. The highest BCUT2D eigenvalue weighted by Crippen LogP contribution is 2.19. The van der Waals surface area contributed by atoms with E-state index in [-0.39, 0.29) is 35.1 Å². The van der Waals surface area contributed by atoms with Gasteiger partial charge in [-0.1, -0.05) is 35.0 Å². The largest absolute Gasteiger partial charge is 0.411 e. The van der Waals surface area contributed by atoms with E-state index in [1.807, 2.05) is 0 Å². The van der Waals surface area contributed by atoms with Gasteiger partial charge >= 0.3 is 0 Å². The Morgan fingerprint density at radius 1 is 1.11 bits per heavy atom. The molecule has 0 aliphatic rings. The lowest BCUT2D eigenvalue weighted by Crippen LogP contribution is -2.18. The molecule has 2 aromatic carbocycles. The van der Waals surface area contributed by atoms with Crippen molar-refractivity contribution in [2.24, 2.45) is 5.16 Å². The van der Waals surface area contributed by atoms with Crippen molar-refractivity contribution in [2.75, 3.05) is 5.32 Å². The highest BCUT2D eigenvalue weighted by Gasteiger charge is 2.20. The van der Waals surface area contributed by atoms with Crippen molar-refractivity contribution < 1.29 is 23.4 Å². The summed E-state index contributed by atoms with van der Waals surface area (Å²) in [7, 11) is 0. The van der Waals surface area contributed by atoms with E-state index < -0.39 is 17.5 Å². The first-order chi connectivity index (χ1) is 13.5. The molecule has 0 fully saturated rings. The third kappa shape index (κ3) is 4.68. The number of oxime groups is 1. The first-order valence-electron chi connectivity index (χ1n) is 7.98. The minimum atomic E-state index is -0.579. The Morgan fingerprint density at radius 2 is 1.82 bits per heavy atom. The fraction of sp³-hybridized carbons (Fsp3) is 0.111. The summed E-state index contributed by atoms with van der Waals surface area (Å²) in [6, 6.07) is 9.48. The number of anilines is 1. The third-order valence-corrected chi connectivity index (χ3v) is 4.06. The summed E-state index contributed by atoms with van der Waals surface area (Å²) < 4.78 is 30.9. The Labute approximate surface area is 162 Å². The van der Waals surface area contributed by atoms with E-state index in [0.717, 1.165) is 0 Å². The second-order valence-corrected chi connectivity index (χ2v) is 6.19. The van der Waals surface area contributed by atoms with Crippen molar-refractivity contribution in [3.05, 3.63) is 75.9 Å². The molecule has 3 rings (SSSR count). The Bertz CT molecular complexity index is 1020. The van der Waals surface area contributed by atoms with Gasteiger partial charge in [-0.05, 0) is 45.7 Å². The smallest absolute Gasteiger partial charge is 0.230 e. The molecule has 0 radical (unpaired) electrons. The van der Waals surface area contributed by atoms with Gasteiger partial charge in [-0.2, -0.15) is 0 Å². The predicted octanol–water partition coefficient (Wildman–Crippen LogP) is 3.60. The van der Waals surface area contributed by atoms with Crippen molar-refractivity contribution in [3.63, 3.8) is 0 Å². The number of carbonyl (C=O) groups is 1. The summed E-state index contributed by atoms with van der Waals surface area (Å²) in [5.74, 6) is -1.49. The van der Waals surface area contributed by atoms with Crippen LogP contribution in [-0.4, -0.2) is 27.1 Å². The maximum Gasteiger partial charge on any atom is 0.230 e. The summed E-state index contributed by atoms with van der Waals surface area (Å²) in [6.45, 7) is 0. The molecule has 0 saturated carbocycles. The molecule has 10 heteroatoms. The standard InChI is InChI=1S/C18H13ClF2N4O3/c19-13-7-11(3-6-14(13)21)8-15(23-27)17-18(25-28-24-17)22-16(26)9-10-1-4-12(20)5-2-10/h1-7,27H,8-9H2,(H,22,25,26)/b23-15+. The van der Waals surface area contributed by atoms with Crippen molar-refractivity contribution >= 4 is 29.0 Å². The molecule has 0 saturated heterocycles. The number of halogens is 3. The zero-order chi connectivity index (χ0) is 20.1. The van der Waals surface area contributed by atoms with Crippen LogP contribution < -0.4 is 5.32 Å². The molecular formula is C18H13ClF2N4O3. The van der Waals surface area contributed by atoms with Crippen LogP contribution in [0.15, 0.2) is 52.2 Å². The molecule has 0 aliphatic carbocycles. The van der Waals surface area contributed by atoms with E-state index in [1.165, 1.54) is 42.5 Å². The van der Waals surface area contributed by atoms with E-state index in [1.54, 1.807) is 0 Å². The van der Waals surface area contributed by atoms with Crippen LogP contribution in [0.3, 0.4) is 0 Å². The minimum absolute atomic E-state index is 0.00963. The van der Waals surface area contributed by atoms with Gasteiger partial charge < -0.3 is 10.5 Å². The SMILES string of the molecule is O=C(Cc1ccc(F)cc1)Nc1nonc1/C(Cc1ccc(F)c(Cl)c1)=N/O. The number of rotatable bonds is 6. The summed E-state index contributed by atoms with van der Waals surface area (Å²) in [6.07, 6.45) is -0.00268. The lowest BCUT2D eigenvalue weighted by Gasteiger charge is -2.06. The van der Waals surface area contributed by atoms with Gasteiger partial charge in [0.15, 0.2) is 5.69 Å². The summed E-state index contributed by atoms with van der Waals surface area (Å²) in [4.78, 5) is 12.2. The van der Waals surface area contributed by atoms with Crippen LogP contribution >= 0.6 is 11.6 Å². The van der Waals surface area contributed by atoms with Crippen LogP contribution in [0, 0.1) is 11.6 Å². The lowest BCUT2D eigenvalue weighted by molar-refractivity contribution is -0.115. The molecule has 1 amide bonds. The van der Waals surface area contributed by atoms with Crippen LogP contribution in [0.2, 0.25) is 5.02 Å². The first kappa shape index (κ1) is 19.4. The fourth-order valence-corrected chi connectivity index (χ4v) is 2.64. The number of aromatic nitrogens is 2. The van der Waals surface area contributed by atoms with Crippen LogP contribution in [0.1, 0.15) is 16.8 Å². The van der Waals surface area contributed by atoms with Crippen molar-refractivity contribution in [1.29, 1.82) is 0 Å². The van der Waals surface area contributed by atoms with Gasteiger partial charge in [-0.3, -0.25) is 4.79 Å². The maximum atomic E-state index is 13.3. The molecule has 0 spiro atoms. The first-order valence-corrected chi connectivity index (χ1v) is 8.36. The monoisotopic (exact) mass is 406 g/mol. The van der Waals surface area contributed by atoms with E-state index in [4.69, 9.17) is 11.6 Å². The zero-order valence-corrected chi connectivity index (χ0v) is 15.0. The minimum Gasteiger partial charge on any atom is -0.411 e. The maximum absolute atomic E-state index is 13.3. The molecule has 144 valence electrons. The van der Waals surface area contributed by atoms with E-state index in [9.17, 15) is 18.8 Å². The average molecular weight is 407 g/mol. The molecule has 28 heavy (non-hydrogen) atoms. The Balaban J connectivity index is 1.73. The number of carbonyl (C=O) groups excluding carboxylic acids is 1. The summed E-state index contributed by atoms with van der Waals surface area (Å²) in [5, 5.41) is 22.1. The zero-order valence-electron chi connectivity index (χ0n) is 14.2. The molecule has 3 aromatic rings. The van der Waals surface area contributed by atoms with Gasteiger partial charge in [0.1, 0.15) is 17.3 Å². The second kappa shape index (κ2) is 8.57. The molecule has 7 nitrogen and oxygen atoms in total. The van der Waals surface area contributed by atoms with E-state index in [0.29, 0.717) is 11.1 Å². The molecular weight excluding hydrogens is 394 g/mol. The Hall–Kier alpha value is -3.33. The van der Waals surface area contributed by atoms with Crippen molar-refractivity contribution in [1.82, 2.24) is 10.3 Å². The number of nitrogens with one attached hydrogen (secondary N) is 1. The molecule has 0 unspecified atom stereocenters. The Morgan fingerprint density at radius 3 is 2.50 bits per heavy atom. The topological polar surface area (TPSA) is 101 Å². The highest BCUT2D eigenvalue weighted by atomic mass is 35.5. The van der Waals surface area contributed by atoms with Crippen LogP contribution in [0.5, 0.6) is 0 Å². The van der Waals surface area contributed by atoms with Gasteiger partial charge in [-0.25, -0.2) is 13.4 Å². The van der Waals surface area contributed by atoms with E-state index >= 15 is 0 Å². The van der Waals surface area contributed by atoms with Gasteiger partial charge in [0.05, 0.1) is 11.4 Å². The normalized spacial score (nSPS) is 11.5. The predicted molar refractivity (Wildman–Crippen MR) is 96.5 cm³/mol. The fourth-order valence-electron chi connectivity index (χ4n) is 2.43. The second-order valence-electron chi connectivity index (χ2n) is 5.78. The molecule has 0 atom stereocenters. The summed E-state index contributed by atoms with van der Waals surface area (Å²) >= 11 is 5.75. The number of benzene rings is 2. The number of hydrogen-bond donors (Lipinski definition) is 2. The number of nitrogens with zero attached hydrogens (tertiary/aromatic N) is 3. The number of amides is 1. The quantitative estimate of drug-likeness (QED) is 0.370.